The summed E-state index contributed by atoms with van der Waals surface area (Å²) < 4.78 is 17.7. The van der Waals surface area contributed by atoms with Crippen LogP contribution >= 0.6 is 0 Å². The van der Waals surface area contributed by atoms with Crippen molar-refractivity contribution in [2.24, 2.45) is 28.6 Å². The van der Waals surface area contributed by atoms with Crippen molar-refractivity contribution in [1.82, 2.24) is 0 Å². The fourth-order valence-corrected chi connectivity index (χ4v) is 7.95. The molecule has 4 fully saturated rings. The minimum atomic E-state index is -2.07. The van der Waals surface area contributed by atoms with Crippen LogP contribution in [0.5, 0.6) is 0 Å². The van der Waals surface area contributed by atoms with Crippen LogP contribution in [0, 0.1) is 28.6 Å². The van der Waals surface area contributed by atoms with E-state index in [0.29, 0.717) is 0 Å². The van der Waals surface area contributed by atoms with E-state index in [2.05, 4.69) is 0 Å². The van der Waals surface area contributed by atoms with Crippen LogP contribution in [-0.2, 0) is 28.6 Å². The summed E-state index contributed by atoms with van der Waals surface area (Å²) in [5.41, 5.74) is -6.75. The molecule has 1 aliphatic heterocycles. The Labute approximate surface area is 226 Å². The highest BCUT2D eigenvalue weighted by atomic mass is 16.6. The van der Waals surface area contributed by atoms with E-state index in [0.717, 1.165) is 0 Å². The predicted octanol–water partition coefficient (Wildman–Crippen LogP) is 1.23. The Hall–Kier alpha value is -2.66. The lowest BCUT2D eigenvalue weighted by Crippen LogP contribution is -2.82. The number of ether oxygens (including phenoxy) is 3. The van der Waals surface area contributed by atoms with Gasteiger partial charge in [0, 0.05) is 31.1 Å². The molecule has 4 aliphatic rings. The number of aliphatic hydroxyl groups is 3. The lowest BCUT2D eigenvalue weighted by atomic mass is 9.42. The van der Waals surface area contributed by atoms with Crippen molar-refractivity contribution in [3.63, 3.8) is 0 Å². The minimum absolute atomic E-state index is 0.108. The molecule has 0 aromatic heterocycles. The molecule has 1 aromatic rings. The molecule has 0 amide bonds. The topological polar surface area (TPSA) is 157 Å². The second-order valence-corrected chi connectivity index (χ2v) is 12.5. The van der Waals surface area contributed by atoms with E-state index in [9.17, 15) is 34.5 Å². The van der Waals surface area contributed by atoms with E-state index in [-0.39, 0.29) is 25.0 Å². The van der Waals surface area contributed by atoms with Crippen molar-refractivity contribution in [1.29, 1.82) is 0 Å². The SMILES string of the molecule is CC(=O)O[C@@]12COC1CC(O)[C@@]1(C)C(=O)C(=O)C3C(C)C(O)CC(O)(C(OC(=O)c4ccccc4)C21)C3(C)C. The summed E-state index contributed by atoms with van der Waals surface area (Å²) in [6, 6.07) is 8.06. The number of aliphatic hydroxyl groups excluding tert-OH is 2. The van der Waals surface area contributed by atoms with Gasteiger partial charge in [0.1, 0.15) is 17.8 Å². The zero-order valence-electron chi connectivity index (χ0n) is 22.7. The molecule has 212 valence electrons. The van der Waals surface area contributed by atoms with Gasteiger partial charge in [0.25, 0.3) is 0 Å². The average molecular weight is 545 g/mol. The van der Waals surface area contributed by atoms with Crippen molar-refractivity contribution in [2.75, 3.05) is 6.61 Å². The van der Waals surface area contributed by atoms with Crippen molar-refractivity contribution in [2.45, 2.75) is 83.1 Å². The van der Waals surface area contributed by atoms with Gasteiger partial charge in [-0.2, -0.15) is 0 Å². The lowest BCUT2D eigenvalue weighted by Gasteiger charge is -2.67. The van der Waals surface area contributed by atoms with Gasteiger partial charge < -0.3 is 29.5 Å². The minimum Gasteiger partial charge on any atom is -0.455 e. The Morgan fingerprint density at radius 3 is 2.28 bits per heavy atom. The van der Waals surface area contributed by atoms with Crippen molar-refractivity contribution in [3.8, 4) is 0 Å². The first-order chi connectivity index (χ1) is 18.1. The third-order valence-corrected chi connectivity index (χ3v) is 10.2. The van der Waals surface area contributed by atoms with Crippen molar-refractivity contribution < 1.29 is 48.7 Å². The van der Waals surface area contributed by atoms with Crippen LogP contribution in [0.2, 0.25) is 0 Å². The Kier molecular flexibility index (Phi) is 6.38. The molecule has 1 saturated heterocycles. The molecular formula is C29H36O10. The first-order valence-corrected chi connectivity index (χ1v) is 13.4. The number of esters is 2. The molecular weight excluding hydrogens is 508 g/mol. The summed E-state index contributed by atoms with van der Waals surface area (Å²) in [5.74, 6) is -6.47. The van der Waals surface area contributed by atoms with Crippen LogP contribution in [0.3, 0.4) is 0 Å². The molecule has 0 spiro atoms. The summed E-state index contributed by atoms with van der Waals surface area (Å²) in [6.45, 7) is 7.28. The number of carbonyl (C=O) groups is 4. The van der Waals surface area contributed by atoms with E-state index >= 15 is 0 Å². The highest BCUT2D eigenvalue weighted by Crippen LogP contribution is 2.64. The number of benzene rings is 1. The first-order valence-electron chi connectivity index (χ1n) is 13.4. The predicted molar refractivity (Wildman–Crippen MR) is 134 cm³/mol. The number of fused-ring (bicyclic) bond motifs is 5. The van der Waals surface area contributed by atoms with Crippen molar-refractivity contribution >= 4 is 23.5 Å². The maximum Gasteiger partial charge on any atom is 0.338 e. The van der Waals surface area contributed by atoms with Crippen LogP contribution in [0.15, 0.2) is 30.3 Å². The third-order valence-electron chi connectivity index (χ3n) is 10.2. The molecule has 3 saturated carbocycles. The molecule has 3 N–H and O–H groups in total. The van der Waals surface area contributed by atoms with Gasteiger partial charge in [-0.05, 0) is 25.0 Å². The summed E-state index contributed by atoms with van der Waals surface area (Å²) in [4.78, 5) is 54.2. The number of Topliss-reactive ketones (excluding diaryl/α,β-unsaturated/α-hetero) is 2. The fourth-order valence-electron chi connectivity index (χ4n) is 7.95. The molecule has 5 rings (SSSR count). The van der Waals surface area contributed by atoms with E-state index in [4.69, 9.17) is 14.2 Å². The van der Waals surface area contributed by atoms with E-state index < -0.39 is 87.7 Å². The number of hydrogen-bond donors (Lipinski definition) is 3. The molecule has 3 aliphatic carbocycles. The first kappa shape index (κ1) is 27.9. The van der Waals surface area contributed by atoms with Gasteiger partial charge in [0.15, 0.2) is 5.60 Å². The van der Waals surface area contributed by atoms with E-state index in [1.54, 1.807) is 39.0 Å². The zero-order valence-corrected chi connectivity index (χ0v) is 22.7. The molecule has 1 heterocycles. The number of ketones is 2. The van der Waals surface area contributed by atoms with Crippen LogP contribution in [0.4, 0.5) is 0 Å². The number of carbonyl (C=O) groups excluding carboxylic acids is 4. The van der Waals surface area contributed by atoms with Crippen LogP contribution < -0.4 is 0 Å². The van der Waals surface area contributed by atoms with E-state index in [1.165, 1.54) is 26.0 Å². The fraction of sp³-hybridized carbons (Fsp3) is 0.655. The second kappa shape index (κ2) is 8.92. The summed E-state index contributed by atoms with van der Waals surface area (Å²) in [5, 5.41) is 35.2. The maximum atomic E-state index is 14.2. The summed E-state index contributed by atoms with van der Waals surface area (Å²) >= 11 is 0. The van der Waals surface area contributed by atoms with E-state index in [1.807, 2.05) is 0 Å². The number of rotatable bonds is 3. The molecule has 39 heavy (non-hydrogen) atoms. The second-order valence-electron chi connectivity index (χ2n) is 12.5. The molecule has 10 atom stereocenters. The molecule has 8 unspecified atom stereocenters. The average Bonchev–Trinajstić information content (AvgIpc) is 2.87. The molecule has 2 bridgehead atoms. The monoisotopic (exact) mass is 544 g/mol. The van der Waals surface area contributed by atoms with Gasteiger partial charge in [-0.3, -0.25) is 14.4 Å². The van der Waals surface area contributed by atoms with Gasteiger partial charge in [-0.1, -0.05) is 39.0 Å². The molecule has 1 aromatic carbocycles. The Morgan fingerprint density at radius 1 is 1.08 bits per heavy atom. The van der Waals surface area contributed by atoms with Crippen LogP contribution in [0.25, 0.3) is 0 Å². The molecule has 10 nitrogen and oxygen atoms in total. The van der Waals surface area contributed by atoms with Gasteiger partial charge in [-0.15, -0.1) is 0 Å². The Bertz CT molecular complexity index is 1210. The lowest BCUT2D eigenvalue weighted by molar-refractivity contribution is -0.349. The molecule has 10 heteroatoms. The standard InChI is InChI=1S/C29H36O10/c1-14-17(31)12-29(36)24(38-25(35)16-9-7-6-8-10-16)22-27(5,23(34)21(33)20(14)26(29,3)4)18(32)11-19-28(22,13-37-19)39-15(2)30/h6-10,14,17-20,22,24,31-32,36H,11-13H2,1-5H3/t14?,17?,18?,19?,20?,22?,24?,27-,28+,29?/m1/s1. The van der Waals surface area contributed by atoms with Gasteiger partial charge in [0.05, 0.1) is 35.7 Å². The van der Waals surface area contributed by atoms with Gasteiger partial charge >= 0.3 is 11.9 Å². The smallest absolute Gasteiger partial charge is 0.338 e. The summed E-state index contributed by atoms with van der Waals surface area (Å²) in [7, 11) is 0. The highest BCUT2D eigenvalue weighted by Gasteiger charge is 2.78. The quantitative estimate of drug-likeness (QED) is 0.373. The zero-order chi connectivity index (χ0) is 28.7. The van der Waals surface area contributed by atoms with Crippen LogP contribution in [-0.4, -0.2) is 81.0 Å². The Morgan fingerprint density at radius 2 is 1.72 bits per heavy atom. The summed E-state index contributed by atoms with van der Waals surface area (Å²) in [6.07, 6.45) is -5.48. The normalized spacial score (nSPS) is 44.6. The largest absolute Gasteiger partial charge is 0.455 e. The van der Waals surface area contributed by atoms with Crippen LogP contribution in [0.1, 0.15) is 57.8 Å². The van der Waals surface area contributed by atoms with Crippen molar-refractivity contribution in [3.05, 3.63) is 35.9 Å². The third kappa shape index (κ3) is 3.61. The van der Waals surface area contributed by atoms with Gasteiger partial charge in [-0.25, -0.2) is 4.79 Å². The highest BCUT2D eigenvalue weighted by molar-refractivity contribution is 6.40. The molecule has 0 radical (unpaired) electrons. The Balaban J connectivity index is 1.80. The maximum absolute atomic E-state index is 14.2. The number of hydrogen-bond acceptors (Lipinski definition) is 10. The van der Waals surface area contributed by atoms with Gasteiger partial charge in [0.2, 0.25) is 11.6 Å².